The van der Waals surface area contributed by atoms with Gasteiger partial charge in [0.2, 0.25) is 0 Å². The molecule has 1 N–H and O–H groups in total. The van der Waals surface area contributed by atoms with Crippen molar-refractivity contribution in [3.8, 4) is 0 Å². The number of nitrogens with one attached hydrogen (secondary N) is 1. The van der Waals surface area contributed by atoms with E-state index in [0.717, 1.165) is 11.7 Å². The first kappa shape index (κ1) is 22.5. The summed E-state index contributed by atoms with van der Waals surface area (Å²) in [6.45, 7) is 0.222. The molecule has 0 unspecified atom stereocenters. The van der Waals surface area contributed by atoms with E-state index in [9.17, 15) is 13.2 Å². The van der Waals surface area contributed by atoms with E-state index in [1.165, 1.54) is 17.0 Å². The topological polar surface area (TPSA) is 92.3 Å². The first-order valence-corrected chi connectivity index (χ1v) is 12.3. The predicted octanol–water partition coefficient (Wildman–Crippen LogP) is 5.07. The Morgan fingerprint density at radius 3 is 2.62 bits per heavy atom. The number of aromatic nitrogens is 2. The monoisotopic (exact) mass is 506 g/mol. The van der Waals surface area contributed by atoms with Gasteiger partial charge in [-0.15, -0.1) is 0 Å². The van der Waals surface area contributed by atoms with E-state index >= 15 is 0 Å². The van der Waals surface area contributed by atoms with Crippen molar-refractivity contribution in [2.24, 2.45) is 0 Å². The highest BCUT2D eigenvalue weighted by Crippen LogP contribution is 2.27. The number of carbonyl (C=O) groups is 1. The quantitative estimate of drug-likeness (QED) is 0.394. The van der Waals surface area contributed by atoms with Crippen molar-refractivity contribution in [2.75, 3.05) is 11.8 Å². The fourth-order valence-corrected chi connectivity index (χ4v) is 5.46. The van der Waals surface area contributed by atoms with Crippen LogP contribution in [-0.4, -0.2) is 35.0 Å². The molecule has 1 aromatic heterocycles. The number of anilines is 1. The summed E-state index contributed by atoms with van der Waals surface area (Å²) in [5, 5.41) is 0.939. The number of sulfonamides is 1. The molecule has 0 aliphatic carbocycles. The molecule has 0 aliphatic heterocycles. The average Bonchev–Trinajstić information content (AvgIpc) is 3.24. The Morgan fingerprint density at radius 1 is 1.06 bits per heavy atom. The van der Waals surface area contributed by atoms with Crippen molar-refractivity contribution in [3.05, 3.63) is 81.8 Å². The Morgan fingerprint density at radius 2 is 1.84 bits per heavy atom. The van der Waals surface area contributed by atoms with E-state index in [4.69, 9.17) is 23.2 Å². The predicted molar refractivity (Wildman–Crippen MR) is 127 cm³/mol. The third-order valence-electron chi connectivity index (χ3n) is 4.71. The van der Waals surface area contributed by atoms with Crippen molar-refractivity contribution in [2.45, 2.75) is 11.4 Å². The molecule has 0 radical (unpaired) electrons. The summed E-state index contributed by atoms with van der Waals surface area (Å²) in [7, 11) is -2.40. The largest absolute Gasteiger partial charge is 0.337 e. The summed E-state index contributed by atoms with van der Waals surface area (Å²) in [5.74, 6) is -0.372. The maximum absolute atomic E-state index is 13.1. The molecule has 7 nitrogen and oxygen atoms in total. The van der Waals surface area contributed by atoms with Crippen LogP contribution in [0, 0.1) is 0 Å². The molecule has 4 aromatic rings. The third kappa shape index (κ3) is 4.56. The highest BCUT2D eigenvalue weighted by Gasteiger charge is 2.23. The van der Waals surface area contributed by atoms with Crippen molar-refractivity contribution in [1.29, 1.82) is 0 Å². The Bertz CT molecular complexity index is 1420. The van der Waals surface area contributed by atoms with Gasteiger partial charge in [0.15, 0.2) is 0 Å². The second-order valence-electron chi connectivity index (χ2n) is 6.94. The van der Waals surface area contributed by atoms with Crippen molar-refractivity contribution in [3.63, 3.8) is 0 Å². The summed E-state index contributed by atoms with van der Waals surface area (Å²) in [6, 6.07) is 16.2. The summed E-state index contributed by atoms with van der Waals surface area (Å²) >= 11 is 13.1. The van der Waals surface area contributed by atoms with Gasteiger partial charge in [-0.25, -0.2) is 8.42 Å². The summed E-state index contributed by atoms with van der Waals surface area (Å²) in [5.41, 5.74) is 1.84. The Labute approximate surface area is 199 Å². The maximum atomic E-state index is 13.1. The first-order valence-electron chi connectivity index (χ1n) is 9.29. The summed E-state index contributed by atoms with van der Waals surface area (Å²) in [4.78, 5) is 14.6. The molecule has 1 amide bonds. The zero-order chi connectivity index (χ0) is 22.9. The van der Waals surface area contributed by atoms with Crippen LogP contribution in [0.3, 0.4) is 0 Å². The van der Waals surface area contributed by atoms with Gasteiger partial charge in [-0.3, -0.25) is 9.52 Å². The van der Waals surface area contributed by atoms with E-state index < -0.39 is 10.0 Å². The third-order valence-corrected chi connectivity index (χ3v) is 7.24. The van der Waals surface area contributed by atoms with Crippen LogP contribution in [-0.2, 0) is 16.6 Å². The SMILES string of the molecule is CN(Cc1ccc(Cl)cc1Cl)C(=O)c1ccccc1NS(=O)(=O)c1cccc2nsnc12. The second kappa shape index (κ2) is 9.03. The van der Waals surface area contributed by atoms with Crippen LogP contribution in [0.4, 0.5) is 5.69 Å². The zero-order valence-corrected chi connectivity index (χ0v) is 19.8. The number of carbonyl (C=O) groups excluding carboxylic acids is 1. The van der Waals surface area contributed by atoms with Crippen LogP contribution in [0.25, 0.3) is 11.0 Å². The number of hydrogen-bond acceptors (Lipinski definition) is 6. The fraction of sp³-hybridized carbons (Fsp3) is 0.0952. The molecule has 164 valence electrons. The van der Waals surface area contributed by atoms with E-state index in [2.05, 4.69) is 13.5 Å². The van der Waals surface area contributed by atoms with Crippen LogP contribution in [0.5, 0.6) is 0 Å². The summed E-state index contributed by atoms with van der Waals surface area (Å²) in [6.07, 6.45) is 0. The molecule has 0 saturated carbocycles. The smallest absolute Gasteiger partial charge is 0.264 e. The molecule has 0 aliphatic rings. The molecule has 32 heavy (non-hydrogen) atoms. The number of amides is 1. The normalized spacial score (nSPS) is 11.5. The molecule has 0 spiro atoms. The van der Waals surface area contributed by atoms with Gasteiger partial charge in [0, 0.05) is 23.6 Å². The van der Waals surface area contributed by atoms with E-state index in [1.54, 1.807) is 55.6 Å². The Kier molecular flexibility index (Phi) is 6.34. The molecule has 4 rings (SSSR count). The van der Waals surface area contributed by atoms with E-state index in [1.807, 2.05) is 0 Å². The molecule has 0 fully saturated rings. The van der Waals surface area contributed by atoms with E-state index in [-0.39, 0.29) is 34.1 Å². The molecule has 0 saturated heterocycles. The molecular weight excluding hydrogens is 491 g/mol. The minimum absolute atomic E-state index is 0.00713. The number of hydrogen-bond donors (Lipinski definition) is 1. The van der Waals surface area contributed by atoms with Gasteiger partial charge in [-0.1, -0.05) is 47.5 Å². The van der Waals surface area contributed by atoms with Crippen LogP contribution in [0.1, 0.15) is 15.9 Å². The first-order chi connectivity index (χ1) is 15.3. The lowest BCUT2D eigenvalue weighted by Crippen LogP contribution is -2.27. The fourth-order valence-electron chi connectivity index (χ4n) is 3.14. The van der Waals surface area contributed by atoms with Gasteiger partial charge in [-0.2, -0.15) is 8.75 Å². The van der Waals surface area contributed by atoms with Crippen LogP contribution in [0.15, 0.2) is 65.6 Å². The van der Waals surface area contributed by atoms with Gasteiger partial charge in [0.1, 0.15) is 15.9 Å². The average molecular weight is 507 g/mol. The van der Waals surface area contributed by atoms with E-state index in [0.29, 0.717) is 21.1 Å². The van der Waals surface area contributed by atoms with Gasteiger partial charge >= 0.3 is 0 Å². The van der Waals surface area contributed by atoms with Gasteiger partial charge in [0.25, 0.3) is 15.9 Å². The summed E-state index contributed by atoms with van der Waals surface area (Å²) < 4.78 is 36.9. The highest BCUT2D eigenvalue weighted by molar-refractivity contribution is 7.93. The van der Waals surface area contributed by atoms with Gasteiger partial charge in [0.05, 0.1) is 23.0 Å². The lowest BCUT2D eigenvalue weighted by Gasteiger charge is -2.20. The molecule has 11 heteroatoms. The molecule has 0 bridgehead atoms. The van der Waals surface area contributed by atoms with Crippen LogP contribution in [0.2, 0.25) is 10.0 Å². The van der Waals surface area contributed by atoms with Crippen LogP contribution < -0.4 is 4.72 Å². The molecule has 3 aromatic carbocycles. The number of fused-ring (bicyclic) bond motifs is 1. The van der Waals surface area contributed by atoms with Crippen molar-refractivity contribution >= 4 is 67.6 Å². The Balaban J connectivity index is 1.62. The highest BCUT2D eigenvalue weighted by atomic mass is 35.5. The van der Waals surface area contributed by atoms with Crippen molar-refractivity contribution in [1.82, 2.24) is 13.6 Å². The van der Waals surface area contributed by atoms with Gasteiger partial charge in [-0.05, 0) is 42.0 Å². The zero-order valence-electron chi connectivity index (χ0n) is 16.6. The minimum atomic E-state index is -4.01. The number of para-hydroxylation sites is 1. The number of nitrogens with zero attached hydrogens (tertiary/aromatic N) is 3. The van der Waals surface area contributed by atoms with Gasteiger partial charge < -0.3 is 4.90 Å². The molecule has 1 heterocycles. The van der Waals surface area contributed by atoms with Crippen LogP contribution >= 0.6 is 34.9 Å². The lowest BCUT2D eigenvalue weighted by molar-refractivity contribution is 0.0786. The Hall–Kier alpha value is -2.72. The maximum Gasteiger partial charge on any atom is 0.264 e. The number of halogens is 2. The number of rotatable bonds is 6. The minimum Gasteiger partial charge on any atom is -0.337 e. The standard InChI is InChI=1S/C21H16Cl2N4O3S2/c1-27(12-13-9-10-14(22)11-16(13)23)21(28)15-5-2-3-6-17(15)26-32(29,30)19-8-4-7-18-20(19)25-31-24-18/h2-11,26H,12H2,1H3. The second-order valence-corrected chi connectivity index (χ2v) is 9.96. The number of benzene rings is 3. The molecular formula is C21H16Cl2N4O3S2. The molecule has 0 atom stereocenters. The van der Waals surface area contributed by atoms with Crippen molar-refractivity contribution < 1.29 is 13.2 Å². The lowest BCUT2D eigenvalue weighted by atomic mass is 10.1.